The van der Waals surface area contributed by atoms with Crippen LogP contribution >= 0.6 is 23.2 Å². The molecule has 2 rings (SSSR count). The van der Waals surface area contributed by atoms with E-state index in [0.717, 1.165) is 6.07 Å². The van der Waals surface area contributed by atoms with Crippen LogP contribution in [-0.4, -0.2) is 23.9 Å². The van der Waals surface area contributed by atoms with Crippen molar-refractivity contribution in [3.8, 4) is 5.75 Å². The lowest BCUT2D eigenvalue weighted by molar-refractivity contribution is 0.403. The molecule has 24 heavy (non-hydrogen) atoms. The van der Waals surface area contributed by atoms with Crippen molar-refractivity contribution < 1.29 is 21.6 Å². The van der Waals surface area contributed by atoms with Gasteiger partial charge in [0.2, 0.25) is 10.0 Å². The van der Waals surface area contributed by atoms with E-state index in [1.807, 2.05) is 0 Å². The molecule has 0 spiro atoms. The number of primary sulfonamides is 1. The van der Waals surface area contributed by atoms with E-state index in [9.17, 15) is 16.8 Å². The zero-order chi connectivity index (χ0) is 18.1. The summed E-state index contributed by atoms with van der Waals surface area (Å²) in [6.45, 7) is 0. The first kappa shape index (κ1) is 18.8. The lowest BCUT2D eigenvalue weighted by atomic mass is 10.3. The van der Waals surface area contributed by atoms with Crippen LogP contribution in [0.15, 0.2) is 46.2 Å². The van der Waals surface area contributed by atoms with Crippen LogP contribution in [0, 0.1) is 0 Å². The van der Waals surface area contributed by atoms with E-state index in [2.05, 4.69) is 4.72 Å². The van der Waals surface area contributed by atoms with Crippen molar-refractivity contribution in [1.29, 1.82) is 0 Å². The number of nitrogens with two attached hydrogens (primary N) is 1. The number of rotatable bonds is 5. The fraction of sp³-hybridized carbons (Fsp3) is 0.0769. The largest absolute Gasteiger partial charge is 0.495 e. The monoisotopic (exact) mass is 410 g/mol. The highest BCUT2D eigenvalue weighted by Gasteiger charge is 2.21. The number of ether oxygens (including phenoxy) is 1. The van der Waals surface area contributed by atoms with Crippen LogP contribution in [0.5, 0.6) is 5.75 Å². The molecule has 0 radical (unpaired) electrons. The molecule has 130 valence electrons. The van der Waals surface area contributed by atoms with E-state index in [1.54, 1.807) is 0 Å². The first-order chi connectivity index (χ1) is 11.0. The molecule has 7 nitrogen and oxygen atoms in total. The summed E-state index contributed by atoms with van der Waals surface area (Å²) in [6.07, 6.45) is 0. The predicted molar refractivity (Wildman–Crippen MR) is 91.6 cm³/mol. The second kappa shape index (κ2) is 6.77. The quantitative estimate of drug-likeness (QED) is 0.784. The molecule has 0 heterocycles. The van der Waals surface area contributed by atoms with Gasteiger partial charge in [-0.25, -0.2) is 22.0 Å². The van der Waals surface area contributed by atoms with Gasteiger partial charge in [-0.05, 0) is 36.4 Å². The van der Waals surface area contributed by atoms with Gasteiger partial charge in [-0.15, -0.1) is 0 Å². The van der Waals surface area contributed by atoms with Crippen LogP contribution in [0.1, 0.15) is 0 Å². The van der Waals surface area contributed by atoms with Gasteiger partial charge in [0.15, 0.2) is 0 Å². The average Bonchev–Trinajstić information content (AvgIpc) is 2.48. The van der Waals surface area contributed by atoms with Crippen LogP contribution in [0.4, 0.5) is 5.69 Å². The summed E-state index contributed by atoms with van der Waals surface area (Å²) >= 11 is 11.7. The van der Waals surface area contributed by atoms with Gasteiger partial charge in [0, 0.05) is 5.02 Å². The minimum absolute atomic E-state index is 0.0127. The standard InChI is InChI=1S/C13H12Cl2N2O5S2/c1-22-11-5-3-9(7-13(11)23(16,18)19)17-24(20,21)12-6-8(14)2-4-10(12)15/h2-7,17H,1H3,(H2,16,18,19). The first-order valence-corrected chi connectivity index (χ1v) is 10.0. The molecule has 0 saturated carbocycles. The summed E-state index contributed by atoms with van der Waals surface area (Å²) in [5.41, 5.74) is -0.0316. The number of halogens is 2. The van der Waals surface area contributed by atoms with Crippen molar-refractivity contribution in [3.05, 3.63) is 46.4 Å². The molecule has 0 amide bonds. The number of benzene rings is 2. The third-order valence-corrected chi connectivity index (χ3v) is 5.94. The van der Waals surface area contributed by atoms with Gasteiger partial charge in [-0.2, -0.15) is 0 Å². The Hall–Kier alpha value is -1.52. The maximum absolute atomic E-state index is 12.4. The highest BCUT2D eigenvalue weighted by molar-refractivity contribution is 7.93. The molecule has 0 saturated heterocycles. The molecule has 0 fully saturated rings. The zero-order valence-corrected chi connectivity index (χ0v) is 15.3. The first-order valence-electron chi connectivity index (χ1n) is 6.23. The average molecular weight is 411 g/mol. The third kappa shape index (κ3) is 4.11. The fourth-order valence-corrected chi connectivity index (χ4v) is 4.39. The number of sulfonamides is 2. The third-order valence-electron chi connectivity index (χ3n) is 2.91. The minimum atomic E-state index is -4.11. The van der Waals surface area contributed by atoms with E-state index >= 15 is 0 Å². The van der Waals surface area contributed by atoms with E-state index in [-0.39, 0.29) is 31.3 Å². The minimum Gasteiger partial charge on any atom is -0.495 e. The van der Waals surface area contributed by atoms with Crippen LogP contribution < -0.4 is 14.6 Å². The Balaban J connectivity index is 2.49. The van der Waals surface area contributed by atoms with Gasteiger partial charge in [0.05, 0.1) is 17.8 Å². The predicted octanol–water partition coefficient (Wildman–Crippen LogP) is 2.45. The van der Waals surface area contributed by atoms with E-state index in [1.165, 1.54) is 37.4 Å². The smallest absolute Gasteiger partial charge is 0.263 e. The van der Waals surface area contributed by atoms with Crippen LogP contribution in [0.3, 0.4) is 0 Å². The molecule has 0 atom stereocenters. The van der Waals surface area contributed by atoms with Crippen molar-refractivity contribution in [3.63, 3.8) is 0 Å². The van der Waals surface area contributed by atoms with Gasteiger partial charge >= 0.3 is 0 Å². The van der Waals surface area contributed by atoms with Gasteiger partial charge in [0.25, 0.3) is 10.0 Å². The summed E-state index contributed by atoms with van der Waals surface area (Å²) in [4.78, 5) is -0.605. The molecule has 0 unspecified atom stereocenters. The van der Waals surface area contributed by atoms with Crippen molar-refractivity contribution in [1.82, 2.24) is 0 Å². The molecule has 11 heteroatoms. The maximum atomic E-state index is 12.4. The number of methoxy groups -OCH3 is 1. The lowest BCUT2D eigenvalue weighted by Gasteiger charge is -2.12. The molecule has 0 aliphatic carbocycles. The SMILES string of the molecule is COc1ccc(NS(=O)(=O)c2cc(Cl)ccc2Cl)cc1S(N)(=O)=O. The van der Waals surface area contributed by atoms with Crippen LogP contribution in [0.25, 0.3) is 0 Å². The van der Waals surface area contributed by atoms with Gasteiger partial charge in [0.1, 0.15) is 15.5 Å². The molecular weight excluding hydrogens is 399 g/mol. The Morgan fingerprint density at radius 1 is 1.00 bits per heavy atom. The summed E-state index contributed by atoms with van der Waals surface area (Å²) in [6, 6.07) is 7.60. The van der Waals surface area contributed by atoms with Crippen molar-refractivity contribution in [2.45, 2.75) is 9.79 Å². The van der Waals surface area contributed by atoms with Crippen LogP contribution in [0.2, 0.25) is 10.0 Å². The molecule has 0 aliphatic rings. The maximum Gasteiger partial charge on any atom is 0.263 e. The van der Waals surface area contributed by atoms with Crippen LogP contribution in [-0.2, 0) is 20.0 Å². The van der Waals surface area contributed by atoms with Crippen molar-refractivity contribution in [2.75, 3.05) is 11.8 Å². The van der Waals surface area contributed by atoms with Gasteiger partial charge in [-0.3, -0.25) is 4.72 Å². The Kier molecular flexibility index (Phi) is 5.31. The fourth-order valence-electron chi connectivity index (χ4n) is 1.86. The molecule has 0 bridgehead atoms. The molecule has 0 aromatic heterocycles. The summed E-state index contributed by atoms with van der Waals surface area (Å²) in [5.74, 6) is -0.0127. The Labute approximate surface area is 149 Å². The lowest BCUT2D eigenvalue weighted by Crippen LogP contribution is -2.16. The number of anilines is 1. The normalized spacial score (nSPS) is 12.0. The molecule has 2 aromatic rings. The van der Waals surface area contributed by atoms with E-state index < -0.39 is 20.0 Å². The topological polar surface area (TPSA) is 116 Å². The number of hydrogen-bond donors (Lipinski definition) is 2. The second-order valence-electron chi connectivity index (χ2n) is 4.59. The second-order valence-corrected chi connectivity index (χ2v) is 8.62. The van der Waals surface area contributed by atoms with E-state index in [0.29, 0.717) is 0 Å². The summed E-state index contributed by atoms with van der Waals surface area (Å²) in [7, 11) is -6.94. The van der Waals surface area contributed by atoms with Gasteiger partial charge in [-0.1, -0.05) is 23.2 Å². The Bertz CT molecular complexity index is 991. The molecular formula is C13H12Cl2N2O5S2. The Morgan fingerprint density at radius 3 is 2.25 bits per heavy atom. The number of nitrogens with one attached hydrogen (secondary N) is 1. The van der Waals surface area contributed by atoms with Gasteiger partial charge < -0.3 is 4.74 Å². The molecule has 2 aromatic carbocycles. The van der Waals surface area contributed by atoms with Crippen molar-refractivity contribution in [2.24, 2.45) is 5.14 Å². The summed E-state index contributed by atoms with van der Waals surface area (Å²) < 4.78 is 55.1. The highest BCUT2D eigenvalue weighted by Crippen LogP contribution is 2.30. The summed E-state index contributed by atoms with van der Waals surface area (Å²) in [5, 5.41) is 5.24. The van der Waals surface area contributed by atoms with E-state index in [4.69, 9.17) is 33.1 Å². The number of hydrogen-bond acceptors (Lipinski definition) is 5. The molecule has 0 aliphatic heterocycles. The Morgan fingerprint density at radius 2 is 1.67 bits per heavy atom. The zero-order valence-electron chi connectivity index (χ0n) is 12.2. The highest BCUT2D eigenvalue weighted by atomic mass is 35.5. The molecule has 3 N–H and O–H groups in total. The van der Waals surface area contributed by atoms with Crippen molar-refractivity contribution >= 4 is 48.9 Å².